The molecule has 0 aromatic heterocycles. The van der Waals surface area contributed by atoms with Crippen LogP contribution in [-0.4, -0.2) is 31.5 Å². The van der Waals surface area contributed by atoms with Crippen molar-refractivity contribution >= 4 is 17.5 Å². The zero-order chi connectivity index (χ0) is 18.4. The van der Waals surface area contributed by atoms with Crippen LogP contribution < -0.4 is 20.7 Å². The maximum Gasteiger partial charge on any atom is 0.265 e. The van der Waals surface area contributed by atoms with Gasteiger partial charge in [-0.15, -0.1) is 0 Å². The van der Waals surface area contributed by atoms with Crippen LogP contribution in [0.25, 0.3) is 0 Å². The van der Waals surface area contributed by atoms with Gasteiger partial charge >= 0.3 is 0 Å². The van der Waals surface area contributed by atoms with Gasteiger partial charge in [0.1, 0.15) is 5.75 Å². The summed E-state index contributed by atoms with van der Waals surface area (Å²) >= 11 is 0. The highest BCUT2D eigenvalue weighted by atomic mass is 16.5. The van der Waals surface area contributed by atoms with Crippen molar-refractivity contribution in [3.8, 4) is 5.75 Å². The molecule has 1 unspecified atom stereocenters. The summed E-state index contributed by atoms with van der Waals surface area (Å²) in [6.07, 6.45) is 0.899. The van der Waals surface area contributed by atoms with Gasteiger partial charge in [-0.1, -0.05) is 42.5 Å². The monoisotopic (exact) mass is 353 g/mol. The molecule has 1 heterocycles. The molecule has 0 radical (unpaired) electrons. The molecule has 0 saturated carbocycles. The number of nitrogens with two attached hydrogens (primary N) is 1. The zero-order valence-electron chi connectivity index (χ0n) is 14.6. The third-order valence-electron chi connectivity index (χ3n) is 4.32. The van der Waals surface area contributed by atoms with Crippen LogP contribution in [0.15, 0.2) is 54.6 Å². The minimum absolute atomic E-state index is 0.0509. The molecular formula is C20H23N3O3. The van der Waals surface area contributed by atoms with Crippen molar-refractivity contribution in [2.75, 3.05) is 24.6 Å². The third-order valence-corrected chi connectivity index (χ3v) is 4.32. The van der Waals surface area contributed by atoms with Crippen LogP contribution in [-0.2, 0) is 9.59 Å². The van der Waals surface area contributed by atoms with Crippen molar-refractivity contribution in [1.82, 2.24) is 5.32 Å². The number of carbonyl (C=O) groups excluding carboxylic acids is 2. The predicted molar refractivity (Wildman–Crippen MR) is 99.9 cm³/mol. The van der Waals surface area contributed by atoms with Gasteiger partial charge in [0, 0.05) is 25.6 Å². The highest BCUT2D eigenvalue weighted by molar-refractivity contribution is 5.97. The number of amides is 2. The normalized spacial score (nSPS) is 14.3. The van der Waals surface area contributed by atoms with E-state index in [-0.39, 0.29) is 30.9 Å². The fourth-order valence-electron chi connectivity index (χ4n) is 2.95. The molecule has 136 valence electrons. The number of nitrogens with one attached hydrogen (secondary N) is 1. The van der Waals surface area contributed by atoms with Crippen LogP contribution in [0, 0.1) is 0 Å². The Morgan fingerprint density at radius 3 is 2.69 bits per heavy atom. The highest BCUT2D eigenvalue weighted by Gasteiger charge is 2.24. The molecule has 26 heavy (non-hydrogen) atoms. The second kappa shape index (κ2) is 8.49. The largest absolute Gasteiger partial charge is 0.482 e. The maximum atomic E-state index is 12.1. The average molecular weight is 353 g/mol. The number of fused-ring (bicyclic) bond motifs is 1. The van der Waals surface area contributed by atoms with Gasteiger partial charge in [-0.3, -0.25) is 9.59 Å². The van der Waals surface area contributed by atoms with E-state index in [2.05, 4.69) is 5.32 Å². The highest BCUT2D eigenvalue weighted by Crippen LogP contribution is 2.31. The number of anilines is 1. The van der Waals surface area contributed by atoms with E-state index in [1.54, 1.807) is 4.90 Å². The Kier molecular flexibility index (Phi) is 5.86. The van der Waals surface area contributed by atoms with Crippen LogP contribution >= 0.6 is 0 Å². The van der Waals surface area contributed by atoms with Gasteiger partial charge in [0.25, 0.3) is 5.91 Å². The molecule has 1 aliphatic rings. The van der Waals surface area contributed by atoms with Crippen LogP contribution in [0.4, 0.5) is 5.69 Å². The number of benzene rings is 2. The molecule has 3 rings (SSSR count). The van der Waals surface area contributed by atoms with E-state index < -0.39 is 0 Å². The first-order valence-corrected chi connectivity index (χ1v) is 8.74. The number of ether oxygens (including phenoxy) is 1. The van der Waals surface area contributed by atoms with Crippen LogP contribution in [0.1, 0.15) is 24.4 Å². The van der Waals surface area contributed by atoms with E-state index in [4.69, 9.17) is 10.5 Å². The van der Waals surface area contributed by atoms with Crippen molar-refractivity contribution in [2.24, 2.45) is 5.73 Å². The van der Waals surface area contributed by atoms with E-state index >= 15 is 0 Å². The summed E-state index contributed by atoms with van der Waals surface area (Å²) < 4.78 is 5.42. The Hall–Kier alpha value is -2.86. The van der Waals surface area contributed by atoms with Crippen molar-refractivity contribution in [3.63, 3.8) is 0 Å². The van der Waals surface area contributed by atoms with Gasteiger partial charge in [-0.05, 0) is 24.1 Å². The lowest BCUT2D eigenvalue weighted by Crippen LogP contribution is -2.40. The van der Waals surface area contributed by atoms with E-state index in [1.807, 2.05) is 54.6 Å². The van der Waals surface area contributed by atoms with Gasteiger partial charge in [-0.2, -0.15) is 0 Å². The van der Waals surface area contributed by atoms with Gasteiger partial charge in [-0.25, -0.2) is 0 Å². The molecule has 1 atom stereocenters. The number of hydrogen-bond acceptors (Lipinski definition) is 4. The first-order valence-electron chi connectivity index (χ1n) is 8.74. The molecule has 2 amide bonds. The van der Waals surface area contributed by atoms with Crippen molar-refractivity contribution < 1.29 is 14.3 Å². The standard InChI is InChI=1S/C20H23N3O3/c21-16(15-7-2-1-3-8-15)13-19(24)22-11-6-12-23-17-9-4-5-10-18(17)26-14-20(23)25/h1-5,7-10,16H,6,11-14,21H2,(H,22,24). The number of para-hydroxylation sites is 2. The Morgan fingerprint density at radius 1 is 1.15 bits per heavy atom. The first kappa shape index (κ1) is 17.9. The molecule has 2 aromatic carbocycles. The molecule has 1 aliphatic heterocycles. The molecule has 0 fully saturated rings. The van der Waals surface area contributed by atoms with E-state index in [1.165, 1.54) is 0 Å². The molecule has 3 N–H and O–H groups in total. The second-order valence-corrected chi connectivity index (χ2v) is 6.23. The summed E-state index contributed by atoms with van der Waals surface area (Å²) in [5.74, 6) is 0.557. The summed E-state index contributed by atoms with van der Waals surface area (Å²) in [6, 6.07) is 16.7. The Labute approximate surface area is 152 Å². The quantitative estimate of drug-likeness (QED) is 0.746. The smallest absolute Gasteiger partial charge is 0.265 e. The summed E-state index contributed by atoms with van der Waals surface area (Å²) in [5, 5.41) is 2.87. The predicted octanol–water partition coefficient (Wildman–Crippen LogP) is 2.01. The lowest BCUT2D eigenvalue weighted by Gasteiger charge is -2.29. The van der Waals surface area contributed by atoms with E-state index in [9.17, 15) is 9.59 Å². The Morgan fingerprint density at radius 2 is 1.88 bits per heavy atom. The molecule has 0 bridgehead atoms. The maximum absolute atomic E-state index is 12.1. The topological polar surface area (TPSA) is 84.7 Å². The van der Waals surface area contributed by atoms with Crippen molar-refractivity contribution in [3.05, 3.63) is 60.2 Å². The molecule has 6 nitrogen and oxygen atoms in total. The molecule has 0 saturated heterocycles. The molecule has 6 heteroatoms. The zero-order valence-corrected chi connectivity index (χ0v) is 14.6. The fourth-order valence-corrected chi connectivity index (χ4v) is 2.95. The van der Waals surface area contributed by atoms with Crippen molar-refractivity contribution in [1.29, 1.82) is 0 Å². The number of nitrogens with zero attached hydrogens (tertiary/aromatic N) is 1. The van der Waals surface area contributed by atoms with Gasteiger partial charge < -0.3 is 20.7 Å². The lowest BCUT2D eigenvalue weighted by molar-refractivity contribution is -0.121. The Bertz CT molecular complexity index is 764. The molecule has 0 spiro atoms. The SMILES string of the molecule is NC(CC(=O)NCCCN1C(=O)COc2ccccc21)c1ccccc1. The molecule has 2 aromatic rings. The summed E-state index contributed by atoms with van der Waals surface area (Å²) in [5.41, 5.74) is 7.78. The average Bonchev–Trinajstić information content (AvgIpc) is 2.67. The molecule has 0 aliphatic carbocycles. The first-order chi connectivity index (χ1) is 12.6. The number of carbonyl (C=O) groups is 2. The Balaban J connectivity index is 1.44. The van der Waals surface area contributed by atoms with Gasteiger partial charge in [0.15, 0.2) is 6.61 Å². The molecular weight excluding hydrogens is 330 g/mol. The van der Waals surface area contributed by atoms with Gasteiger partial charge in [0.2, 0.25) is 5.91 Å². The third kappa shape index (κ3) is 4.40. The van der Waals surface area contributed by atoms with E-state index in [0.29, 0.717) is 25.3 Å². The fraction of sp³-hybridized carbons (Fsp3) is 0.300. The summed E-state index contributed by atoms with van der Waals surface area (Å²) in [4.78, 5) is 25.8. The minimum atomic E-state index is -0.316. The minimum Gasteiger partial charge on any atom is -0.482 e. The van der Waals surface area contributed by atoms with Crippen LogP contribution in [0.2, 0.25) is 0 Å². The van der Waals surface area contributed by atoms with Crippen LogP contribution in [0.3, 0.4) is 0 Å². The summed E-state index contributed by atoms with van der Waals surface area (Å²) in [7, 11) is 0. The number of rotatable bonds is 7. The number of hydrogen-bond donors (Lipinski definition) is 2. The van der Waals surface area contributed by atoms with Gasteiger partial charge in [0.05, 0.1) is 5.69 Å². The van der Waals surface area contributed by atoms with Crippen LogP contribution in [0.5, 0.6) is 5.75 Å². The lowest BCUT2D eigenvalue weighted by atomic mass is 10.0. The van der Waals surface area contributed by atoms with Crippen molar-refractivity contribution in [2.45, 2.75) is 18.9 Å². The summed E-state index contributed by atoms with van der Waals surface area (Å²) in [6.45, 7) is 1.08. The second-order valence-electron chi connectivity index (χ2n) is 6.23. The van der Waals surface area contributed by atoms with E-state index in [0.717, 1.165) is 11.3 Å².